The molecule has 1 aromatic carbocycles. The lowest BCUT2D eigenvalue weighted by Crippen LogP contribution is -2.26. The highest BCUT2D eigenvalue weighted by atomic mass is 19.1. The van der Waals surface area contributed by atoms with E-state index in [4.69, 9.17) is 0 Å². The molecule has 5 heteroatoms. The van der Waals surface area contributed by atoms with E-state index in [9.17, 15) is 14.3 Å². The second-order valence-corrected chi connectivity index (χ2v) is 5.18. The van der Waals surface area contributed by atoms with Crippen LogP contribution in [0.2, 0.25) is 0 Å². The van der Waals surface area contributed by atoms with E-state index in [1.54, 1.807) is 26.0 Å². The lowest BCUT2D eigenvalue weighted by atomic mass is 10.0. The van der Waals surface area contributed by atoms with Crippen LogP contribution >= 0.6 is 0 Å². The number of aryl methyl sites for hydroxylation is 1. The average Bonchev–Trinajstić information content (AvgIpc) is 2.46. The quantitative estimate of drug-likeness (QED) is 0.946. The van der Waals surface area contributed by atoms with Crippen LogP contribution in [0.25, 0.3) is 16.8 Å². The number of rotatable bonds is 3. The van der Waals surface area contributed by atoms with Crippen molar-refractivity contribution in [2.24, 2.45) is 0 Å². The number of aromatic nitrogens is 2. The van der Waals surface area contributed by atoms with Crippen molar-refractivity contribution in [3.63, 3.8) is 0 Å². The van der Waals surface area contributed by atoms with Gasteiger partial charge in [-0.15, -0.1) is 0 Å². The molecule has 4 nitrogen and oxygen atoms in total. The first kappa shape index (κ1) is 16.1. The van der Waals surface area contributed by atoms with Crippen molar-refractivity contribution >= 4 is 5.70 Å². The third-order valence-electron chi connectivity index (χ3n) is 3.56. The molecule has 0 spiro atoms. The maximum absolute atomic E-state index is 13.5. The van der Waals surface area contributed by atoms with E-state index < -0.39 is 11.9 Å². The molecular formula is C17H19FN2O2. The van der Waals surface area contributed by atoms with Crippen molar-refractivity contribution in [2.75, 3.05) is 0 Å². The number of allylic oxidation sites excluding steroid dienone is 2. The minimum atomic E-state index is -0.926. The number of aliphatic hydroxyl groups excluding tert-OH is 1. The Morgan fingerprint density at radius 3 is 2.68 bits per heavy atom. The van der Waals surface area contributed by atoms with E-state index >= 15 is 0 Å². The van der Waals surface area contributed by atoms with Crippen molar-refractivity contribution in [3.05, 3.63) is 58.0 Å². The van der Waals surface area contributed by atoms with Crippen LogP contribution in [0.3, 0.4) is 0 Å². The van der Waals surface area contributed by atoms with Gasteiger partial charge >= 0.3 is 0 Å². The highest BCUT2D eigenvalue weighted by molar-refractivity contribution is 5.66. The van der Waals surface area contributed by atoms with E-state index in [0.29, 0.717) is 11.4 Å². The van der Waals surface area contributed by atoms with Crippen molar-refractivity contribution in [1.82, 2.24) is 9.55 Å². The molecule has 2 rings (SSSR count). The fraction of sp³-hybridized carbons (Fsp3) is 0.294. The summed E-state index contributed by atoms with van der Waals surface area (Å²) in [6.07, 6.45) is 0.873. The molecule has 0 fully saturated rings. The Labute approximate surface area is 128 Å². The zero-order valence-corrected chi connectivity index (χ0v) is 13.1. The summed E-state index contributed by atoms with van der Waals surface area (Å²) in [6.45, 7) is 6.87. The third-order valence-corrected chi connectivity index (χ3v) is 3.56. The van der Waals surface area contributed by atoms with Gasteiger partial charge in [0.25, 0.3) is 5.56 Å². The SMILES string of the molecule is C/C=C(/C)n1c(C)nc(C(C)O)c(-c2cccc(F)c2)c1=O. The van der Waals surface area contributed by atoms with Gasteiger partial charge in [0.2, 0.25) is 0 Å². The van der Waals surface area contributed by atoms with Crippen molar-refractivity contribution in [2.45, 2.75) is 33.8 Å². The Balaban J connectivity index is 2.89. The van der Waals surface area contributed by atoms with E-state index in [1.807, 2.05) is 6.92 Å². The number of hydrogen-bond donors (Lipinski definition) is 1. The van der Waals surface area contributed by atoms with Gasteiger partial charge in [-0.05, 0) is 45.4 Å². The monoisotopic (exact) mass is 302 g/mol. The van der Waals surface area contributed by atoms with Gasteiger partial charge in [-0.2, -0.15) is 0 Å². The van der Waals surface area contributed by atoms with E-state index in [-0.39, 0.29) is 16.8 Å². The van der Waals surface area contributed by atoms with Gasteiger partial charge in [0.1, 0.15) is 11.6 Å². The molecule has 0 radical (unpaired) electrons. The second kappa shape index (κ2) is 6.23. The van der Waals surface area contributed by atoms with E-state index in [1.165, 1.54) is 29.7 Å². The lowest BCUT2D eigenvalue weighted by molar-refractivity contribution is 0.194. The van der Waals surface area contributed by atoms with Crippen LogP contribution in [-0.2, 0) is 0 Å². The summed E-state index contributed by atoms with van der Waals surface area (Å²) in [5, 5.41) is 9.95. The van der Waals surface area contributed by atoms with Gasteiger partial charge < -0.3 is 5.11 Å². The number of aliphatic hydroxyl groups is 1. The van der Waals surface area contributed by atoms with Crippen LogP contribution in [0.5, 0.6) is 0 Å². The minimum Gasteiger partial charge on any atom is -0.387 e. The summed E-state index contributed by atoms with van der Waals surface area (Å²) < 4.78 is 15.0. The van der Waals surface area contributed by atoms with Gasteiger partial charge in [-0.1, -0.05) is 18.2 Å². The Bertz CT molecular complexity index is 792. The van der Waals surface area contributed by atoms with Crippen LogP contribution in [-0.4, -0.2) is 14.7 Å². The third kappa shape index (κ3) is 2.85. The van der Waals surface area contributed by atoms with Gasteiger partial charge in [0.05, 0.1) is 17.4 Å². The second-order valence-electron chi connectivity index (χ2n) is 5.18. The molecule has 0 aliphatic carbocycles. The first-order valence-electron chi connectivity index (χ1n) is 7.07. The zero-order valence-electron chi connectivity index (χ0n) is 13.1. The Kier molecular flexibility index (Phi) is 4.56. The summed E-state index contributed by atoms with van der Waals surface area (Å²) in [5.41, 5.74) is 1.30. The first-order chi connectivity index (χ1) is 10.4. The standard InChI is InChI=1S/C17H19FN2O2/c1-5-10(2)20-12(4)19-16(11(3)21)15(17(20)22)13-7-6-8-14(18)9-13/h5-9,11,21H,1-4H3/b10-5-. The molecule has 1 unspecified atom stereocenters. The van der Waals surface area contributed by atoms with Crippen molar-refractivity contribution in [3.8, 4) is 11.1 Å². The number of hydrogen-bond acceptors (Lipinski definition) is 3. The maximum atomic E-state index is 13.5. The maximum Gasteiger partial charge on any atom is 0.266 e. The molecule has 0 amide bonds. The average molecular weight is 302 g/mol. The molecule has 1 atom stereocenters. The van der Waals surface area contributed by atoms with E-state index in [2.05, 4.69) is 4.98 Å². The summed E-state index contributed by atoms with van der Waals surface area (Å²) in [4.78, 5) is 17.2. The number of benzene rings is 1. The highest BCUT2D eigenvalue weighted by Crippen LogP contribution is 2.25. The Morgan fingerprint density at radius 1 is 1.45 bits per heavy atom. The molecule has 2 aromatic rings. The summed E-state index contributed by atoms with van der Waals surface area (Å²) >= 11 is 0. The van der Waals surface area contributed by atoms with Crippen LogP contribution in [0.4, 0.5) is 4.39 Å². The molecule has 0 saturated carbocycles. The van der Waals surface area contributed by atoms with Gasteiger partial charge in [0, 0.05) is 5.70 Å². The molecule has 0 bridgehead atoms. The minimum absolute atomic E-state index is 0.223. The number of halogens is 1. The lowest BCUT2D eigenvalue weighted by Gasteiger charge is -2.17. The molecule has 1 heterocycles. The number of nitrogens with zero attached hydrogens (tertiary/aromatic N) is 2. The fourth-order valence-electron chi connectivity index (χ4n) is 2.41. The molecule has 22 heavy (non-hydrogen) atoms. The van der Waals surface area contributed by atoms with Gasteiger partial charge in [-0.25, -0.2) is 9.37 Å². The molecule has 1 N–H and O–H groups in total. The largest absolute Gasteiger partial charge is 0.387 e. The van der Waals surface area contributed by atoms with Crippen molar-refractivity contribution in [1.29, 1.82) is 0 Å². The molecule has 0 aliphatic rings. The first-order valence-corrected chi connectivity index (χ1v) is 7.07. The van der Waals surface area contributed by atoms with Crippen LogP contribution in [0.1, 0.15) is 38.4 Å². The highest BCUT2D eigenvalue weighted by Gasteiger charge is 2.20. The van der Waals surface area contributed by atoms with Crippen LogP contribution in [0.15, 0.2) is 35.1 Å². The van der Waals surface area contributed by atoms with Crippen LogP contribution in [0, 0.1) is 12.7 Å². The Hall–Kier alpha value is -2.27. The summed E-state index contributed by atoms with van der Waals surface area (Å²) in [7, 11) is 0. The van der Waals surface area contributed by atoms with E-state index in [0.717, 1.165) is 5.70 Å². The van der Waals surface area contributed by atoms with Gasteiger partial charge in [-0.3, -0.25) is 9.36 Å². The molecular weight excluding hydrogens is 283 g/mol. The summed E-state index contributed by atoms with van der Waals surface area (Å²) in [5.74, 6) is 0.0416. The predicted octanol–water partition coefficient (Wildman–Crippen LogP) is 3.29. The smallest absolute Gasteiger partial charge is 0.266 e. The topological polar surface area (TPSA) is 55.1 Å². The normalized spacial score (nSPS) is 13.3. The zero-order chi connectivity index (χ0) is 16.4. The Morgan fingerprint density at radius 2 is 2.14 bits per heavy atom. The van der Waals surface area contributed by atoms with Crippen molar-refractivity contribution < 1.29 is 9.50 Å². The molecule has 0 aliphatic heterocycles. The fourth-order valence-corrected chi connectivity index (χ4v) is 2.41. The summed E-state index contributed by atoms with van der Waals surface area (Å²) in [6, 6.07) is 5.75. The van der Waals surface area contributed by atoms with Gasteiger partial charge in [0.15, 0.2) is 0 Å². The molecule has 1 aromatic heterocycles. The molecule has 116 valence electrons. The molecule has 0 saturated heterocycles. The van der Waals surface area contributed by atoms with Crippen LogP contribution < -0.4 is 5.56 Å². The predicted molar refractivity (Wildman–Crippen MR) is 84.9 cm³/mol.